The van der Waals surface area contributed by atoms with Crippen molar-refractivity contribution in [1.29, 1.82) is 0 Å². The normalized spacial score (nSPS) is 11.0. The van der Waals surface area contributed by atoms with Crippen molar-refractivity contribution in [2.75, 3.05) is 24.3 Å². The van der Waals surface area contributed by atoms with Crippen LogP contribution in [0.15, 0.2) is 30.3 Å². The number of amides is 2. The van der Waals surface area contributed by atoms with Gasteiger partial charge in [-0.1, -0.05) is 18.1 Å². The molecule has 0 saturated heterocycles. The van der Waals surface area contributed by atoms with Crippen LogP contribution < -0.4 is 24.2 Å². The topological polar surface area (TPSA) is 132 Å². The van der Waals surface area contributed by atoms with Crippen molar-refractivity contribution < 1.29 is 35.9 Å². The Morgan fingerprint density at radius 2 is 1.70 bits per heavy atom. The SMILES string of the molecule is COc1cc(OC)nc(NC(=O)NS(=O)(=O)Nc2ccccc2C#CC(F)(F)F)n1. The first-order chi connectivity index (χ1) is 14.0. The molecule has 0 radical (unpaired) electrons. The van der Waals surface area contributed by atoms with E-state index in [-0.39, 0.29) is 29.0 Å². The Labute approximate surface area is 169 Å². The highest BCUT2D eigenvalue weighted by molar-refractivity contribution is 7.91. The van der Waals surface area contributed by atoms with Gasteiger partial charge >= 0.3 is 22.4 Å². The number of hydrogen-bond donors (Lipinski definition) is 3. The van der Waals surface area contributed by atoms with E-state index in [1.165, 1.54) is 44.6 Å². The molecule has 14 heteroatoms. The molecule has 1 aromatic heterocycles. The van der Waals surface area contributed by atoms with E-state index in [0.717, 1.165) is 5.92 Å². The Kier molecular flexibility index (Phi) is 6.90. The number of nitrogens with one attached hydrogen (secondary N) is 3. The van der Waals surface area contributed by atoms with Gasteiger partial charge in [-0.2, -0.15) is 31.6 Å². The molecule has 0 spiro atoms. The zero-order valence-electron chi connectivity index (χ0n) is 15.4. The Morgan fingerprint density at radius 3 is 2.27 bits per heavy atom. The van der Waals surface area contributed by atoms with E-state index >= 15 is 0 Å². The lowest BCUT2D eigenvalue weighted by Crippen LogP contribution is -2.38. The number of urea groups is 1. The molecule has 1 aromatic carbocycles. The number of aromatic nitrogens is 2. The number of methoxy groups -OCH3 is 2. The molecule has 2 rings (SSSR count). The molecule has 0 unspecified atom stereocenters. The summed E-state index contributed by atoms with van der Waals surface area (Å²) < 4.78 is 74.5. The number of halogens is 3. The summed E-state index contributed by atoms with van der Waals surface area (Å²) in [4.78, 5) is 19.6. The van der Waals surface area contributed by atoms with Crippen LogP contribution in [0, 0.1) is 11.8 Å². The lowest BCUT2D eigenvalue weighted by molar-refractivity contribution is -0.0696. The van der Waals surface area contributed by atoms with Crippen molar-refractivity contribution in [3.8, 4) is 23.6 Å². The van der Waals surface area contributed by atoms with E-state index in [1.54, 1.807) is 4.72 Å². The second kappa shape index (κ2) is 9.18. The smallest absolute Gasteiger partial charge is 0.458 e. The van der Waals surface area contributed by atoms with E-state index < -0.39 is 22.4 Å². The largest absolute Gasteiger partial charge is 0.481 e. The first-order valence-corrected chi connectivity index (χ1v) is 9.27. The number of nitrogens with zero attached hydrogens (tertiary/aromatic N) is 2. The third kappa shape index (κ3) is 7.02. The minimum Gasteiger partial charge on any atom is -0.481 e. The zero-order valence-corrected chi connectivity index (χ0v) is 16.2. The minimum absolute atomic E-state index is 0.0373. The van der Waals surface area contributed by atoms with Gasteiger partial charge in [0.05, 0.1) is 26.0 Å². The summed E-state index contributed by atoms with van der Waals surface area (Å²) >= 11 is 0. The van der Waals surface area contributed by atoms with Crippen LogP contribution in [0.3, 0.4) is 0 Å². The van der Waals surface area contributed by atoms with Gasteiger partial charge in [0.25, 0.3) is 0 Å². The van der Waals surface area contributed by atoms with Crippen LogP contribution in [0.4, 0.5) is 29.6 Å². The predicted molar refractivity (Wildman–Crippen MR) is 99.2 cm³/mol. The van der Waals surface area contributed by atoms with Crippen LogP contribution in [-0.4, -0.2) is 44.8 Å². The molecule has 30 heavy (non-hydrogen) atoms. The number of anilines is 2. The molecular weight excluding hydrogens is 431 g/mol. The van der Waals surface area contributed by atoms with Gasteiger partial charge in [0, 0.05) is 11.5 Å². The van der Waals surface area contributed by atoms with E-state index in [1.807, 2.05) is 10.6 Å². The van der Waals surface area contributed by atoms with Gasteiger partial charge in [-0.15, -0.1) is 0 Å². The second-order valence-corrected chi connectivity index (χ2v) is 6.65. The van der Waals surface area contributed by atoms with Crippen molar-refractivity contribution in [3.05, 3.63) is 35.9 Å². The molecule has 160 valence electrons. The molecule has 0 aliphatic rings. The summed E-state index contributed by atoms with van der Waals surface area (Å²) in [5, 5.41) is 2.06. The van der Waals surface area contributed by atoms with Crippen molar-refractivity contribution in [2.24, 2.45) is 0 Å². The zero-order chi connectivity index (χ0) is 22.4. The summed E-state index contributed by atoms with van der Waals surface area (Å²) in [5.74, 6) is 2.60. The van der Waals surface area contributed by atoms with Crippen molar-refractivity contribution in [2.45, 2.75) is 6.18 Å². The summed E-state index contributed by atoms with van der Waals surface area (Å²) in [6, 6.07) is 5.15. The summed E-state index contributed by atoms with van der Waals surface area (Å²) in [6.07, 6.45) is -4.76. The molecule has 0 saturated carbocycles. The number of benzene rings is 1. The number of carbonyl (C=O) groups excluding carboxylic acids is 1. The van der Waals surface area contributed by atoms with Crippen molar-refractivity contribution in [1.82, 2.24) is 14.7 Å². The lowest BCUT2D eigenvalue weighted by Gasteiger charge is -2.12. The third-order valence-electron chi connectivity index (χ3n) is 3.06. The number of hydrogen-bond acceptors (Lipinski definition) is 7. The number of alkyl halides is 3. The molecule has 1 heterocycles. The van der Waals surface area contributed by atoms with Crippen LogP contribution >= 0.6 is 0 Å². The minimum atomic E-state index is -4.76. The molecule has 10 nitrogen and oxygen atoms in total. The van der Waals surface area contributed by atoms with E-state index in [9.17, 15) is 26.4 Å². The lowest BCUT2D eigenvalue weighted by atomic mass is 10.2. The molecule has 0 aliphatic heterocycles. The Morgan fingerprint density at radius 1 is 1.10 bits per heavy atom. The predicted octanol–water partition coefficient (Wildman–Crippen LogP) is 1.89. The standard InChI is InChI=1S/C16H14F3N5O5S/c1-28-12-9-13(29-2)21-14(20-12)22-15(25)24-30(26,27)23-11-6-4-3-5-10(11)7-8-16(17,18)19/h3-6,9,23H,1-2H3,(H2,20,21,22,24,25). The first kappa shape index (κ1) is 22.6. The second-order valence-electron chi connectivity index (χ2n) is 5.23. The van der Waals surface area contributed by atoms with Crippen LogP contribution in [0.5, 0.6) is 11.8 Å². The van der Waals surface area contributed by atoms with Crippen LogP contribution in [-0.2, 0) is 10.2 Å². The van der Waals surface area contributed by atoms with Gasteiger partial charge in [0.1, 0.15) is 0 Å². The monoisotopic (exact) mass is 445 g/mol. The molecule has 0 bridgehead atoms. The fourth-order valence-corrected chi connectivity index (χ4v) is 2.72. The molecular formula is C16H14F3N5O5S. The quantitative estimate of drug-likeness (QED) is 0.579. The number of ether oxygens (including phenoxy) is 2. The molecule has 0 aliphatic carbocycles. The van der Waals surface area contributed by atoms with Crippen LogP contribution in [0.2, 0.25) is 0 Å². The van der Waals surface area contributed by atoms with E-state index in [0.29, 0.717) is 0 Å². The molecule has 2 aromatic rings. The van der Waals surface area contributed by atoms with Crippen LogP contribution in [0.25, 0.3) is 0 Å². The number of rotatable bonds is 6. The maximum atomic E-state index is 12.3. The van der Waals surface area contributed by atoms with Crippen molar-refractivity contribution >= 4 is 27.9 Å². The molecule has 2 amide bonds. The Balaban J connectivity index is 2.14. The highest BCUT2D eigenvalue weighted by Crippen LogP contribution is 2.19. The molecule has 3 N–H and O–H groups in total. The molecule has 0 fully saturated rings. The Hall–Kier alpha value is -3.73. The van der Waals surface area contributed by atoms with Crippen molar-refractivity contribution in [3.63, 3.8) is 0 Å². The summed E-state index contributed by atoms with van der Waals surface area (Å²) in [7, 11) is -1.93. The van der Waals surface area contributed by atoms with Gasteiger partial charge in [0.15, 0.2) is 0 Å². The van der Waals surface area contributed by atoms with E-state index in [2.05, 4.69) is 15.3 Å². The first-order valence-electron chi connectivity index (χ1n) is 7.79. The van der Waals surface area contributed by atoms with Gasteiger partial charge in [-0.3, -0.25) is 10.0 Å². The number of carbonyl (C=O) groups is 1. The average Bonchev–Trinajstić information content (AvgIpc) is 2.65. The van der Waals surface area contributed by atoms with Gasteiger partial charge < -0.3 is 9.47 Å². The Bertz CT molecular complexity index is 1070. The van der Waals surface area contributed by atoms with Gasteiger partial charge in [-0.25, -0.2) is 9.52 Å². The van der Waals surface area contributed by atoms with E-state index in [4.69, 9.17) is 9.47 Å². The fraction of sp³-hybridized carbons (Fsp3) is 0.188. The highest BCUT2D eigenvalue weighted by Gasteiger charge is 2.23. The molecule has 0 atom stereocenters. The number of para-hydroxylation sites is 1. The summed E-state index contributed by atoms with van der Waals surface area (Å²) in [5.41, 5.74) is -0.518. The maximum absolute atomic E-state index is 12.3. The van der Waals surface area contributed by atoms with Gasteiger partial charge in [-0.05, 0) is 12.1 Å². The third-order valence-corrected chi connectivity index (χ3v) is 4.00. The average molecular weight is 445 g/mol. The van der Waals surface area contributed by atoms with Gasteiger partial charge in [0.2, 0.25) is 17.7 Å². The summed E-state index contributed by atoms with van der Waals surface area (Å²) in [6.45, 7) is 0. The highest BCUT2D eigenvalue weighted by atomic mass is 32.2. The fourth-order valence-electron chi connectivity index (χ4n) is 1.91. The maximum Gasteiger partial charge on any atom is 0.458 e. The van der Waals surface area contributed by atoms with Crippen LogP contribution in [0.1, 0.15) is 5.56 Å².